The van der Waals surface area contributed by atoms with E-state index in [4.69, 9.17) is 10.2 Å². The Labute approximate surface area is 466 Å². The first-order chi connectivity index (χ1) is 38.5. The van der Waals surface area contributed by atoms with Gasteiger partial charge in [0.2, 0.25) is 0 Å². The van der Waals surface area contributed by atoms with E-state index in [-0.39, 0.29) is 10.8 Å². The standard InChI is InChI=1S/C75H67BN2O/c1-7-8-24-49-36-37-51(59(42-49)50-25-12-9-13-26-50)43-52-38-39-58-60-46-64-65(74(5,6)41-40-73(64,3)4)47-68(60)79-72(58)69(52)76-70-61(44-53(45-66(70)77)56-31-19-18-23-48(56)2)57-32-22-34-63-71(57)78(76)67-35-21-20-33-62(67)75(63,54-27-14-10-15-28-54)55-29-16-11-17-30-55/h9-23,25-39,42,44-47H,7-8,24,40-41,43,77H2,1-6H3. The van der Waals surface area contributed by atoms with Gasteiger partial charge in [-0.15, -0.1) is 0 Å². The largest absolute Gasteiger partial charge is 0.457 e. The molecule has 2 N–H and O–H groups in total. The highest BCUT2D eigenvalue weighted by molar-refractivity contribution is 6.93. The van der Waals surface area contributed by atoms with Gasteiger partial charge in [-0.05, 0) is 175 Å². The average Bonchev–Trinajstić information content (AvgIpc) is 2.88. The van der Waals surface area contributed by atoms with Crippen molar-refractivity contribution in [2.75, 3.05) is 10.5 Å². The molecule has 386 valence electrons. The molecule has 0 saturated carbocycles. The van der Waals surface area contributed by atoms with Gasteiger partial charge in [0, 0.05) is 33.4 Å². The van der Waals surface area contributed by atoms with Crippen LogP contribution in [0.4, 0.5) is 17.1 Å². The second kappa shape index (κ2) is 18.7. The number of hydrogen-bond acceptors (Lipinski definition) is 3. The molecule has 0 spiro atoms. The fourth-order valence-corrected chi connectivity index (χ4v) is 14.5. The van der Waals surface area contributed by atoms with E-state index in [1.807, 2.05) is 0 Å². The summed E-state index contributed by atoms with van der Waals surface area (Å²) < 4.78 is 7.71. The predicted octanol–water partition coefficient (Wildman–Crippen LogP) is 17.7. The molecule has 0 fully saturated rings. The van der Waals surface area contributed by atoms with E-state index in [0.29, 0.717) is 6.42 Å². The summed E-state index contributed by atoms with van der Waals surface area (Å²) in [6, 6.07) is 80.0. The number of hydrogen-bond donors (Lipinski definition) is 1. The zero-order valence-electron chi connectivity index (χ0n) is 46.5. The lowest BCUT2D eigenvalue weighted by Crippen LogP contribution is -2.61. The maximum atomic E-state index is 7.91. The van der Waals surface area contributed by atoms with Crippen molar-refractivity contribution in [2.45, 2.75) is 96.3 Å². The molecule has 2 aliphatic heterocycles. The summed E-state index contributed by atoms with van der Waals surface area (Å²) in [5.74, 6) is 0. The highest BCUT2D eigenvalue weighted by Crippen LogP contribution is 2.60. The number of nitrogens with zero attached hydrogens (tertiary/aromatic N) is 1. The number of nitrogen functional groups attached to an aromatic ring is 1. The third-order valence-corrected chi connectivity index (χ3v) is 18.6. The van der Waals surface area contributed by atoms with Crippen molar-refractivity contribution in [2.24, 2.45) is 0 Å². The Morgan fingerprint density at radius 2 is 1.15 bits per heavy atom. The lowest BCUT2D eigenvalue weighted by Gasteiger charge is -2.51. The first-order valence-electron chi connectivity index (χ1n) is 28.8. The third kappa shape index (κ3) is 7.61. The van der Waals surface area contributed by atoms with Crippen LogP contribution in [-0.4, -0.2) is 6.85 Å². The first kappa shape index (κ1) is 49.0. The Kier molecular flexibility index (Phi) is 11.6. The van der Waals surface area contributed by atoms with Crippen LogP contribution >= 0.6 is 0 Å². The molecule has 11 aromatic rings. The van der Waals surface area contributed by atoms with E-state index in [9.17, 15) is 0 Å². The Bertz CT molecular complexity index is 4150. The summed E-state index contributed by atoms with van der Waals surface area (Å²) >= 11 is 0. The molecule has 3 heterocycles. The number of para-hydroxylation sites is 2. The van der Waals surface area contributed by atoms with Crippen molar-refractivity contribution in [1.82, 2.24) is 0 Å². The molecular weight excluding hydrogens is 956 g/mol. The molecule has 1 aromatic heterocycles. The number of rotatable bonds is 10. The van der Waals surface area contributed by atoms with Gasteiger partial charge < -0.3 is 15.0 Å². The van der Waals surface area contributed by atoms with E-state index >= 15 is 0 Å². The van der Waals surface area contributed by atoms with Gasteiger partial charge in [-0.2, -0.15) is 0 Å². The van der Waals surface area contributed by atoms with Crippen LogP contribution in [0.15, 0.2) is 217 Å². The number of anilines is 3. The number of nitrogens with two attached hydrogens (primary N) is 1. The van der Waals surface area contributed by atoms with E-state index in [0.717, 1.165) is 82.1 Å². The summed E-state index contributed by atoms with van der Waals surface area (Å²) in [6.45, 7) is 13.8. The highest BCUT2D eigenvalue weighted by Gasteiger charge is 2.52. The van der Waals surface area contributed by atoms with Crippen LogP contribution in [-0.2, 0) is 29.1 Å². The molecule has 0 amide bonds. The zero-order valence-corrected chi connectivity index (χ0v) is 46.5. The van der Waals surface area contributed by atoms with Gasteiger partial charge in [-0.3, -0.25) is 0 Å². The maximum absolute atomic E-state index is 7.91. The molecule has 10 aromatic carbocycles. The molecule has 1 aliphatic carbocycles. The van der Waals surface area contributed by atoms with Crippen molar-refractivity contribution in [3.05, 3.63) is 268 Å². The minimum atomic E-state index is -0.667. The Balaban J connectivity index is 1.13. The Morgan fingerprint density at radius 1 is 0.519 bits per heavy atom. The molecule has 0 unspecified atom stereocenters. The van der Waals surface area contributed by atoms with Crippen LogP contribution in [0, 0.1) is 6.92 Å². The maximum Gasteiger partial charge on any atom is 0.335 e. The lowest BCUT2D eigenvalue weighted by atomic mass is 9.42. The third-order valence-electron chi connectivity index (χ3n) is 18.6. The van der Waals surface area contributed by atoms with E-state index in [2.05, 4.69) is 259 Å². The normalized spacial score (nSPS) is 15.4. The van der Waals surface area contributed by atoms with Gasteiger partial charge in [0.1, 0.15) is 11.2 Å². The van der Waals surface area contributed by atoms with Crippen molar-refractivity contribution in [1.29, 1.82) is 0 Å². The zero-order chi connectivity index (χ0) is 53.8. The predicted molar refractivity (Wildman–Crippen MR) is 334 cm³/mol. The van der Waals surface area contributed by atoms with Gasteiger partial charge >= 0.3 is 6.85 Å². The van der Waals surface area contributed by atoms with Crippen molar-refractivity contribution in [3.8, 4) is 33.4 Å². The van der Waals surface area contributed by atoms with Crippen molar-refractivity contribution in [3.63, 3.8) is 0 Å². The first-order valence-corrected chi connectivity index (χ1v) is 28.8. The van der Waals surface area contributed by atoms with Gasteiger partial charge in [0.25, 0.3) is 0 Å². The van der Waals surface area contributed by atoms with Crippen molar-refractivity contribution < 1.29 is 4.42 Å². The van der Waals surface area contributed by atoms with Gasteiger partial charge in [-0.1, -0.05) is 223 Å². The van der Waals surface area contributed by atoms with Crippen LogP contribution in [0.3, 0.4) is 0 Å². The summed E-state index contributed by atoms with van der Waals surface area (Å²) in [5, 5.41) is 2.31. The molecule has 14 rings (SSSR count). The monoisotopic (exact) mass is 1020 g/mol. The van der Waals surface area contributed by atoms with Gasteiger partial charge in [0.05, 0.1) is 5.41 Å². The summed E-state index contributed by atoms with van der Waals surface area (Å²) in [7, 11) is 0. The number of furan rings is 1. The fourth-order valence-electron chi connectivity index (χ4n) is 14.5. The topological polar surface area (TPSA) is 42.4 Å². The second-order valence-electron chi connectivity index (χ2n) is 24.2. The SMILES string of the molecule is CCCCc1ccc(Cc2ccc3c(oc4cc5c(cc43)C(C)(C)CCC5(C)C)c2B2c3c(N)cc(-c4ccccc4C)cc3-c3cccc4c3N2c2ccccc2C4(c2ccccc2)c2ccccc2)c(-c2ccccc2)c1. The molecule has 0 bridgehead atoms. The minimum absolute atomic E-state index is 0.0103. The van der Waals surface area contributed by atoms with Crippen LogP contribution in [0.5, 0.6) is 0 Å². The lowest BCUT2D eigenvalue weighted by molar-refractivity contribution is 0.332. The summed E-state index contributed by atoms with van der Waals surface area (Å²) in [4.78, 5) is 2.69. The summed E-state index contributed by atoms with van der Waals surface area (Å²) in [5.41, 5.74) is 34.4. The molecule has 0 radical (unpaired) electrons. The molecular formula is C75H67BN2O. The quantitative estimate of drug-likeness (QED) is 0.110. The second-order valence-corrected chi connectivity index (χ2v) is 24.2. The minimum Gasteiger partial charge on any atom is -0.457 e. The van der Waals surface area contributed by atoms with Crippen molar-refractivity contribution >= 4 is 56.8 Å². The van der Waals surface area contributed by atoms with Gasteiger partial charge in [0.15, 0.2) is 0 Å². The number of aryl methyl sites for hydroxylation is 2. The fraction of sp³-hybridized carbons (Fsp3) is 0.200. The smallest absolute Gasteiger partial charge is 0.335 e. The molecule has 3 aliphatic rings. The molecule has 0 atom stereocenters. The molecule has 3 nitrogen and oxygen atoms in total. The number of unbranched alkanes of at least 4 members (excludes halogenated alkanes) is 1. The van der Waals surface area contributed by atoms with Crippen LogP contribution in [0.2, 0.25) is 0 Å². The summed E-state index contributed by atoms with van der Waals surface area (Å²) in [6.07, 6.45) is 6.31. The Morgan fingerprint density at radius 3 is 1.87 bits per heavy atom. The van der Waals surface area contributed by atoms with E-state index < -0.39 is 12.3 Å². The highest BCUT2D eigenvalue weighted by atomic mass is 16.3. The van der Waals surface area contributed by atoms with E-state index in [1.165, 1.54) is 89.0 Å². The van der Waals surface area contributed by atoms with Crippen LogP contribution in [0.25, 0.3) is 55.3 Å². The molecule has 0 saturated heterocycles. The average molecular weight is 1020 g/mol. The van der Waals surface area contributed by atoms with Crippen LogP contribution in [0.1, 0.15) is 116 Å². The molecule has 4 heteroatoms. The number of fused-ring (bicyclic) bond motifs is 8. The van der Waals surface area contributed by atoms with Crippen LogP contribution < -0.4 is 21.5 Å². The van der Waals surface area contributed by atoms with Gasteiger partial charge in [-0.25, -0.2) is 0 Å². The molecule has 79 heavy (non-hydrogen) atoms. The Hall–Kier alpha value is -8.34. The number of benzene rings is 10. The van der Waals surface area contributed by atoms with E-state index in [1.54, 1.807) is 0 Å².